The van der Waals surface area contributed by atoms with Crippen LogP contribution in [-0.2, 0) is 4.74 Å². The second-order valence-corrected chi connectivity index (χ2v) is 6.91. The number of nitrogens with one attached hydrogen (secondary N) is 1. The summed E-state index contributed by atoms with van der Waals surface area (Å²) in [6.45, 7) is 2.40. The highest BCUT2D eigenvalue weighted by molar-refractivity contribution is 7.13. The Balaban J connectivity index is 1.65. The quantitative estimate of drug-likeness (QED) is 0.490. The molecule has 0 unspecified atom stereocenters. The number of anilines is 2. The largest absolute Gasteiger partial charge is 0.487 e. The van der Waals surface area contributed by atoms with Crippen molar-refractivity contribution in [2.24, 2.45) is 0 Å². The predicted molar refractivity (Wildman–Crippen MR) is 109 cm³/mol. The Bertz CT molecular complexity index is 831. The highest BCUT2D eigenvalue weighted by atomic mass is 32.1. The van der Waals surface area contributed by atoms with E-state index in [4.69, 9.17) is 14.2 Å². The van der Waals surface area contributed by atoms with Crippen molar-refractivity contribution < 1.29 is 14.2 Å². The molecule has 0 aromatic carbocycles. The minimum absolute atomic E-state index is 0.398. The summed E-state index contributed by atoms with van der Waals surface area (Å²) < 4.78 is 17.2. The summed E-state index contributed by atoms with van der Waals surface area (Å²) in [5, 5.41) is 5.79. The van der Waals surface area contributed by atoms with E-state index in [0.29, 0.717) is 43.0 Å². The molecule has 0 aliphatic heterocycles. The zero-order chi connectivity index (χ0) is 19.6. The van der Waals surface area contributed by atoms with Crippen LogP contribution in [0, 0.1) is 0 Å². The number of ether oxygens (including phenoxy) is 3. The van der Waals surface area contributed by atoms with Crippen LogP contribution < -0.4 is 14.8 Å². The van der Waals surface area contributed by atoms with Gasteiger partial charge in [-0.25, -0.2) is 15.0 Å². The van der Waals surface area contributed by atoms with Gasteiger partial charge in [0.25, 0.3) is 0 Å². The van der Waals surface area contributed by atoms with Crippen molar-refractivity contribution in [3.05, 3.63) is 48.2 Å². The third-order valence-corrected chi connectivity index (χ3v) is 4.20. The Kier molecular flexibility index (Phi) is 7.53. The Hall–Kier alpha value is -2.75. The fraction of sp³-hybridized carbons (Fsp3) is 0.316. The maximum absolute atomic E-state index is 5.88. The number of likely N-dealkylation sites (N-methyl/N-ethyl adjacent to an activating group) is 1. The predicted octanol–water partition coefficient (Wildman–Crippen LogP) is 3.43. The standard InChI is InChI=1S/C19H23N5O3S/c1-24(2)8-9-25-10-11-26-16-13-15(27-17-5-3-4-6-20-17)14-22-18(16)23-19-21-7-12-28-19/h3-7,12-14H,8-11H2,1-2H3,(H,21,22,23). The van der Waals surface area contributed by atoms with Gasteiger partial charge < -0.3 is 24.4 Å². The van der Waals surface area contributed by atoms with E-state index in [-0.39, 0.29) is 0 Å². The molecule has 0 fully saturated rings. The van der Waals surface area contributed by atoms with Crippen LogP contribution in [0.3, 0.4) is 0 Å². The lowest BCUT2D eigenvalue weighted by molar-refractivity contribution is 0.0890. The van der Waals surface area contributed by atoms with Crippen molar-refractivity contribution in [2.75, 3.05) is 45.8 Å². The van der Waals surface area contributed by atoms with E-state index >= 15 is 0 Å². The fourth-order valence-corrected chi connectivity index (χ4v) is 2.69. The molecule has 0 amide bonds. The SMILES string of the molecule is CN(C)CCOCCOc1cc(Oc2ccccn2)cnc1Nc1nccs1. The van der Waals surface area contributed by atoms with E-state index in [0.717, 1.165) is 11.7 Å². The van der Waals surface area contributed by atoms with Crippen LogP contribution in [-0.4, -0.2) is 60.3 Å². The molecule has 3 heterocycles. The van der Waals surface area contributed by atoms with Crippen LogP contribution in [0.4, 0.5) is 10.9 Å². The van der Waals surface area contributed by atoms with Crippen molar-refractivity contribution in [3.63, 3.8) is 0 Å². The van der Waals surface area contributed by atoms with Gasteiger partial charge in [0, 0.05) is 36.5 Å². The fourth-order valence-electron chi connectivity index (χ4n) is 2.16. The number of aromatic nitrogens is 3. The van der Waals surface area contributed by atoms with Gasteiger partial charge in [0.05, 0.1) is 19.4 Å². The molecule has 0 atom stereocenters. The lowest BCUT2D eigenvalue weighted by Gasteiger charge is -2.14. The minimum Gasteiger partial charge on any atom is -0.487 e. The molecule has 3 aromatic rings. The van der Waals surface area contributed by atoms with E-state index in [1.807, 2.05) is 31.6 Å². The molecule has 0 spiro atoms. The molecule has 0 radical (unpaired) electrons. The zero-order valence-corrected chi connectivity index (χ0v) is 16.7. The van der Waals surface area contributed by atoms with Gasteiger partial charge in [-0.05, 0) is 20.2 Å². The Morgan fingerprint density at radius 3 is 2.75 bits per heavy atom. The topological polar surface area (TPSA) is 81.6 Å². The third-order valence-electron chi connectivity index (χ3n) is 3.51. The average Bonchev–Trinajstić information content (AvgIpc) is 3.20. The summed E-state index contributed by atoms with van der Waals surface area (Å²) in [6.07, 6.45) is 5.01. The number of thiazole rings is 1. The molecule has 0 aliphatic carbocycles. The van der Waals surface area contributed by atoms with Gasteiger partial charge in [-0.1, -0.05) is 6.07 Å². The molecular formula is C19H23N5O3S. The van der Waals surface area contributed by atoms with Crippen LogP contribution in [0.15, 0.2) is 48.2 Å². The zero-order valence-electron chi connectivity index (χ0n) is 15.9. The van der Waals surface area contributed by atoms with E-state index in [1.54, 1.807) is 30.7 Å². The molecule has 0 aliphatic rings. The first-order valence-corrected chi connectivity index (χ1v) is 9.69. The van der Waals surface area contributed by atoms with Crippen LogP contribution in [0.2, 0.25) is 0 Å². The van der Waals surface area contributed by atoms with Gasteiger partial charge in [-0.15, -0.1) is 11.3 Å². The van der Waals surface area contributed by atoms with Gasteiger partial charge in [0.15, 0.2) is 22.4 Å². The van der Waals surface area contributed by atoms with Crippen LogP contribution >= 0.6 is 11.3 Å². The molecule has 3 rings (SSSR count). The van der Waals surface area contributed by atoms with Crippen molar-refractivity contribution >= 4 is 22.3 Å². The molecule has 148 valence electrons. The van der Waals surface area contributed by atoms with Crippen LogP contribution in [0.25, 0.3) is 0 Å². The first-order valence-electron chi connectivity index (χ1n) is 8.81. The van der Waals surface area contributed by atoms with E-state index in [2.05, 4.69) is 25.2 Å². The molecule has 3 aromatic heterocycles. The molecule has 0 bridgehead atoms. The van der Waals surface area contributed by atoms with Gasteiger partial charge in [0.2, 0.25) is 5.88 Å². The lowest BCUT2D eigenvalue weighted by atomic mass is 10.4. The van der Waals surface area contributed by atoms with E-state index in [9.17, 15) is 0 Å². The second-order valence-electron chi connectivity index (χ2n) is 6.01. The molecule has 28 heavy (non-hydrogen) atoms. The highest BCUT2D eigenvalue weighted by Crippen LogP contribution is 2.31. The molecule has 1 N–H and O–H groups in total. The van der Waals surface area contributed by atoms with Crippen molar-refractivity contribution in [3.8, 4) is 17.4 Å². The van der Waals surface area contributed by atoms with Crippen LogP contribution in [0.1, 0.15) is 0 Å². The smallest absolute Gasteiger partial charge is 0.219 e. The highest BCUT2D eigenvalue weighted by Gasteiger charge is 2.11. The first kappa shape index (κ1) is 20.0. The summed E-state index contributed by atoms with van der Waals surface area (Å²) in [5.74, 6) is 2.14. The summed E-state index contributed by atoms with van der Waals surface area (Å²) in [6, 6.07) is 7.24. The van der Waals surface area contributed by atoms with Crippen molar-refractivity contribution in [2.45, 2.75) is 0 Å². The minimum atomic E-state index is 0.398. The molecular weight excluding hydrogens is 378 g/mol. The summed E-state index contributed by atoms with van der Waals surface area (Å²) in [7, 11) is 4.02. The normalized spacial score (nSPS) is 10.8. The summed E-state index contributed by atoms with van der Waals surface area (Å²) in [5.41, 5.74) is 0. The third kappa shape index (κ3) is 6.45. The summed E-state index contributed by atoms with van der Waals surface area (Å²) >= 11 is 1.48. The second kappa shape index (κ2) is 10.5. The summed E-state index contributed by atoms with van der Waals surface area (Å²) in [4.78, 5) is 14.9. The molecule has 0 saturated heterocycles. The van der Waals surface area contributed by atoms with Crippen LogP contribution in [0.5, 0.6) is 17.4 Å². The molecule has 8 nitrogen and oxygen atoms in total. The van der Waals surface area contributed by atoms with E-state index in [1.165, 1.54) is 11.3 Å². The Labute approximate surface area is 168 Å². The number of hydrogen-bond donors (Lipinski definition) is 1. The van der Waals surface area contributed by atoms with Crippen molar-refractivity contribution in [1.29, 1.82) is 0 Å². The number of nitrogens with zero attached hydrogens (tertiary/aromatic N) is 4. The number of rotatable bonds is 11. The Morgan fingerprint density at radius 1 is 1.07 bits per heavy atom. The van der Waals surface area contributed by atoms with Gasteiger partial charge in [0.1, 0.15) is 6.61 Å². The first-order chi connectivity index (χ1) is 13.7. The Morgan fingerprint density at radius 2 is 2.00 bits per heavy atom. The van der Waals surface area contributed by atoms with Gasteiger partial charge in [-0.3, -0.25) is 0 Å². The van der Waals surface area contributed by atoms with Gasteiger partial charge in [-0.2, -0.15) is 0 Å². The van der Waals surface area contributed by atoms with E-state index < -0.39 is 0 Å². The monoisotopic (exact) mass is 401 g/mol. The van der Waals surface area contributed by atoms with Crippen molar-refractivity contribution in [1.82, 2.24) is 19.9 Å². The molecule has 0 saturated carbocycles. The number of hydrogen-bond acceptors (Lipinski definition) is 9. The molecule has 9 heteroatoms. The maximum Gasteiger partial charge on any atom is 0.219 e. The van der Waals surface area contributed by atoms with Gasteiger partial charge >= 0.3 is 0 Å². The lowest BCUT2D eigenvalue weighted by Crippen LogP contribution is -2.19. The maximum atomic E-state index is 5.88. The average molecular weight is 401 g/mol. The number of pyridine rings is 2.